The highest BCUT2D eigenvalue weighted by Crippen LogP contribution is 2.31. The maximum atomic E-state index is 6.12. The SMILES string of the molecule is COc1ccc2c(c1)nc(CCl)n2-c1cc(Cl)ccc1Br. The number of benzene rings is 2. The number of methoxy groups -OCH3 is 1. The van der Waals surface area contributed by atoms with E-state index in [-0.39, 0.29) is 0 Å². The predicted molar refractivity (Wildman–Crippen MR) is 89.9 cm³/mol. The molecule has 0 saturated carbocycles. The first-order valence-electron chi connectivity index (χ1n) is 6.21. The molecule has 0 aliphatic carbocycles. The summed E-state index contributed by atoms with van der Waals surface area (Å²) in [6, 6.07) is 11.4. The zero-order valence-electron chi connectivity index (χ0n) is 11.1. The summed E-state index contributed by atoms with van der Waals surface area (Å²) in [5.41, 5.74) is 2.69. The van der Waals surface area contributed by atoms with Gasteiger partial charge in [-0.2, -0.15) is 0 Å². The van der Waals surface area contributed by atoms with Crippen molar-refractivity contribution in [3.05, 3.63) is 51.7 Å². The second-order valence-corrected chi connectivity index (χ2v) is 6.01. The lowest BCUT2D eigenvalue weighted by atomic mass is 10.2. The van der Waals surface area contributed by atoms with E-state index in [9.17, 15) is 0 Å². The fourth-order valence-electron chi connectivity index (χ4n) is 2.25. The van der Waals surface area contributed by atoms with Crippen LogP contribution in [0.1, 0.15) is 5.82 Å². The van der Waals surface area contributed by atoms with Gasteiger partial charge in [0.1, 0.15) is 11.6 Å². The van der Waals surface area contributed by atoms with Gasteiger partial charge in [0.2, 0.25) is 0 Å². The Kier molecular flexibility index (Phi) is 4.11. The van der Waals surface area contributed by atoms with Gasteiger partial charge >= 0.3 is 0 Å². The Bertz CT molecular complexity index is 817. The minimum Gasteiger partial charge on any atom is -0.497 e. The Hall–Kier alpha value is -1.23. The van der Waals surface area contributed by atoms with Crippen LogP contribution in [0, 0.1) is 0 Å². The van der Waals surface area contributed by atoms with Crippen LogP contribution in [-0.4, -0.2) is 16.7 Å². The van der Waals surface area contributed by atoms with Crippen LogP contribution >= 0.6 is 39.1 Å². The molecular formula is C15H11BrCl2N2O. The van der Waals surface area contributed by atoms with Gasteiger partial charge in [0.05, 0.1) is 29.7 Å². The molecule has 6 heteroatoms. The molecule has 0 bridgehead atoms. The van der Waals surface area contributed by atoms with Gasteiger partial charge in [-0.15, -0.1) is 11.6 Å². The van der Waals surface area contributed by atoms with Crippen molar-refractivity contribution < 1.29 is 4.74 Å². The molecule has 2 aromatic carbocycles. The second kappa shape index (κ2) is 5.87. The minimum atomic E-state index is 0.302. The van der Waals surface area contributed by atoms with E-state index in [0.717, 1.165) is 32.8 Å². The molecule has 0 N–H and O–H groups in total. The zero-order chi connectivity index (χ0) is 15.0. The maximum absolute atomic E-state index is 6.12. The molecule has 0 spiro atoms. The average molecular weight is 386 g/mol. The van der Waals surface area contributed by atoms with Crippen LogP contribution in [0.4, 0.5) is 0 Å². The van der Waals surface area contributed by atoms with Crippen molar-refractivity contribution in [2.45, 2.75) is 5.88 Å². The zero-order valence-corrected chi connectivity index (χ0v) is 14.2. The van der Waals surface area contributed by atoms with Crippen molar-refractivity contribution in [1.29, 1.82) is 0 Å². The fourth-order valence-corrected chi connectivity index (χ4v) is 3.02. The van der Waals surface area contributed by atoms with Crippen molar-refractivity contribution in [1.82, 2.24) is 9.55 Å². The number of hydrogen-bond acceptors (Lipinski definition) is 2. The number of imidazole rings is 1. The van der Waals surface area contributed by atoms with E-state index in [2.05, 4.69) is 20.9 Å². The number of rotatable bonds is 3. The quantitative estimate of drug-likeness (QED) is 0.580. The molecule has 3 aromatic rings. The Balaban J connectivity index is 2.32. The summed E-state index contributed by atoms with van der Waals surface area (Å²) in [5.74, 6) is 1.82. The van der Waals surface area contributed by atoms with E-state index in [1.807, 2.05) is 41.0 Å². The third-order valence-electron chi connectivity index (χ3n) is 3.20. The van der Waals surface area contributed by atoms with Gasteiger partial charge in [-0.1, -0.05) is 11.6 Å². The molecule has 21 heavy (non-hydrogen) atoms. The standard InChI is InChI=1S/C15H11BrCl2N2O/c1-21-10-3-5-13-12(7-10)19-15(8-17)20(13)14-6-9(18)2-4-11(14)16/h2-7H,8H2,1H3. The van der Waals surface area contributed by atoms with Crippen LogP contribution in [0.5, 0.6) is 5.75 Å². The molecule has 0 atom stereocenters. The van der Waals surface area contributed by atoms with Crippen molar-refractivity contribution >= 4 is 50.2 Å². The van der Waals surface area contributed by atoms with E-state index in [1.165, 1.54) is 0 Å². The first-order valence-corrected chi connectivity index (χ1v) is 7.91. The molecule has 108 valence electrons. The molecule has 0 aliphatic heterocycles. The Labute approximate surface area is 140 Å². The van der Waals surface area contributed by atoms with Crippen molar-refractivity contribution in [2.24, 2.45) is 0 Å². The number of fused-ring (bicyclic) bond motifs is 1. The van der Waals surface area contributed by atoms with E-state index >= 15 is 0 Å². The molecule has 0 saturated heterocycles. The van der Waals surface area contributed by atoms with Crippen LogP contribution in [0.2, 0.25) is 5.02 Å². The summed E-state index contributed by atoms with van der Waals surface area (Å²) in [4.78, 5) is 4.57. The Morgan fingerprint density at radius 3 is 2.76 bits per heavy atom. The summed E-state index contributed by atoms with van der Waals surface area (Å²) in [5, 5.41) is 0.657. The molecular weight excluding hydrogens is 375 g/mol. The molecule has 1 heterocycles. The number of alkyl halides is 1. The third kappa shape index (κ3) is 2.63. The summed E-state index contributed by atoms with van der Waals surface area (Å²) in [6.45, 7) is 0. The highest BCUT2D eigenvalue weighted by Gasteiger charge is 2.15. The summed E-state index contributed by atoms with van der Waals surface area (Å²) >= 11 is 15.7. The summed E-state index contributed by atoms with van der Waals surface area (Å²) in [6.07, 6.45) is 0. The van der Waals surface area contributed by atoms with E-state index in [0.29, 0.717) is 10.9 Å². The second-order valence-electron chi connectivity index (χ2n) is 4.45. The fraction of sp³-hybridized carbons (Fsp3) is 0.133. The lowest BCUT2D eigenvalue weighted by molar-refractivity contribution is 0.415. The van der Waals surface area contributed by atoms with Crippen molar-refractivity contribution in [3.63, 3.8) is 0 Å². The molecule has 0 fully saturated rings. The molecule has 3 nitrogen and oxygen atoms in total. The molecule has 0 aliphatic rings. The molecule has 1 aromatic heterocycles. The van der Waals surface area contributed by atoms with Crippen LogP contribution in [0.15, 0.2) is 40.9 Å². The van der Waals surface area contributed by atoms with Crippen LogP contribution in [-0.2, 0) is 5.88 Å². The van der Waals surface area contributed by atoms with Crippen molar-refractivity contribution in [3.8, 4) is 11.4 Å². The van der Waals surface area contributed by atoms with Crippen molar-refractivity contribution in [2.75, 3.05) is 7.11 Å². The highest BCUT2D eigenvalue weighted by atomic mass is 79.9. The first-order chi connectivity index (χ1) is 10.1. The van der Waals surface area contributed by atoms with E-state index in [1.54, 1.807) is 7.11 Å². The number of hydrogen-bond donors (Lipinski definition) is 0. The average Bonchev–Trinajstić information content (AvgIpc) is 2.87. The van der Waals surface area contributed by atoms with Crippen LogP contribution in [0.25, 0.3) is 16.7 Å². The highest BCUT2D eigenvalue weighted by molar-refractivity contribution is 9.10. The minimum absolute atomic E-state index is 0.302. The van der Waals surface area contributed by atoms with Gasteiger partial charge in [-0.25, -0.2) is 4.98 Å². The Morgan fingerprint density at radius 1 is 1.24 bits per heavy atom. The first kappa shape index (κ1) is 14.7. The van der Waals surface area contributed by atoms with Gasteiger partial charge in [-0.05, 0) is 46.3 Å². The van der Waals surface area contributed by atoms with E-state index in [4.69, 9.17) is 27.9 Å². The molecule has 0 radical (unpaired) electrons. The number of nitrogens with zero attached hydrogens (tertiary/aromatic N) is 2. The lowest BCUT2D eigenvalue weighted by Crippen LogP contribution is -2.00. The van der Waals surface area contributed by atoms with Gasteiger partial charge < -0.3 is 4.74 Å². The van der Waals surface area contributed by atoms with Gasteiger partial charge in [-0.3, -0.25) is 4.57 Å². The normalized spacial score (nSPS) is 11.0. The van der Waals surface area contributed by atoms with Gasteiger partial charge in [0.25, 0.3) is 0 Å². The molecule has 3 rings (SSSR count). The Morgan fingerprint density at radius 2 is 2.05 bits per heavy atom. The van der Waals surface area contributed by atoms with Gasteiger partial charge in [0, 0.05) is 15.6 Å². The number of aromatic nitrogens is 2. The maximum Gasteiger partial charge on any atom is 0.129 e. The predicted octanol–water partition coefficient (Wildman–Crippen LogP) is 5.19. The molecule has 0 unspecified atom stereocenters. The molecule has 0 amide bonds. The lowest BCUT2D eigenvalue weighted by Gasteiger charge is -2.10. The number of halogens is 3. The largest absolute Gasteiger partial charge is 0.497 e. The monoisotopic (exact) mass is 384 g/mol. The third-order valence-corrected chi connectivity index (χ3v) is 4.34. The van der Waals surface area contributed by atoms with E-state index < -0.39 is 0 Å². The van der Waals surface area contributed by atoms with Gasteiger partial charge in [0.15, 0.2) is 0 Å². The smallest absolute Gasteiger partial charge is 0.129 e. The van der Waals surface area contributed by atoms with Crippen LogP contribution in [0.3, 0.4) is 0 Å². The number of ether oxygens (including phenoxy) is 1. The summed E-state index contributed by atoms with van der Waals surface area (Å²) in [7, 11) is 1.63. The van der Waals surface area contributed by atoms with Crippen LogP contribution < -0.4 is 4.74 Å². The topological polar surface area (TPSA) is 27.1 Å². The summed E-state index contributed by atoms with van der Waals surface area (Å²) < 4.78 is 8.16.